The van der Waals surface area contributed by atoms with Crippen molar-refractivity contribution in [2.24, 2.45) is 0 Å². The fraction of sp³-hybridized carbons (Fsp3) is 0.0870. The maximum absolute atomic E-state index is 14.1. The lowest BCUT2D eigenvalue weighted by molar-refractivity contribution is 0.101. The Bertz CT molecular complexity index is 1160. The Morgan fingerprint density at radius 2 is 1.70 bits per heavy atom. The van der Waals surface area contributed by atoms with Crippen LogP contribution in [0, 0.1) is 24.4 Å². The SMILES string of the molecule is Cc1cc(OCc2c(F)cccc2F)cc2c1C(=O)/C(=C/c1c(F)cccc1Cl)O2. The van der Waals surface area contributed by atoms with Crippen molar-refractivity contribution in [1.29, 1.82) is 0 Å². The van der Waals surface area contributed by atoms with Gasteiger partial charge in [-0.2, -0.15) is 0 Å². The second-order valence-corrected chi connectivity index (χ2v) is 7.08. The van der Waals surface area contributed by atoms with Crippen LogP contribution in [0.25, 0.3) is 6.08 Å². The van der Waals surface area contributed by atoms with Crippen LogP contribution in [-0.2, 0) is 6.61 Å². The molecule has 0 radical (unpaired) electrons. The van der Waals surface area contributed by atoms with E-state index in [0.29, 0.717) is 11.1 Å². The number of benzene rings is 3. The number of rotatable bonds is 4. The molecule has 3 aromatic carbocycles. The van der Waals surface area contributed by atoms with Gasteiger partial charge in [0, 0.05) is 11.6 Å². The molecule has 0 saturated carbocycles. The number of fused-ring (bicyclic) bond motifs is 1. The Labute approximate surface area is 175 Å². The van der Waals surface area contributed by atoms with Crippen molar-refractivity contribution in [1.82, 2.24) is 0 Å². The number of allylic oxidation sites excluding steroid dienone is 1. The lowest BCUT2D eigenvalue weighted by Crippen LogP contribution is -2.02. The Balaban J connectivity index is 1.62. The van der Waals surface area contributed by atoms with Crippen LogP contribution in [0.1, 0.15) is 27.0 Å². The number of carbonyl (C=O) groups is 1. The summed E-state index contributed by atoms with van der Waals surface area (Å²) in [4.78, 5) is 12.7. The average Bonchev–Trinajstić information content (AvgIpc) is 3.00. The van der Waals surface area contributed by atoms with Crippen molar-refractivity contribution >= 4 is 23.5 Å². The van der Waals surface area contributed by atoms with Crippen LogP contribution in [0.5, 0.6) is 11.5 Å². The van der Waals surface area contributed by atoms with Gasteiger partial charge < -0.3 is 9.47 Å². The molecule has 0 fully saturated rings. The molecule has 1 heterocycles. The molecule has 0 saturated heterocycles. The zero-order valence-electron chi connectivity index (χ0n) is 15.6. The van der Waals surface area contributed by atoms with Gasteiger partial charge in [0.2, 0.25) is 5.78 Å². The highest BCUT2D eigenvalue weighted by atomic mass is 35.5. The van der Waals surface area contributed by atoms with Crippen LogP contribution in [0.3, 0.4) is 0 Å². The molecule has 0 spiro atoms. The van der Waals surface area contributed by atoms with E-state index in [0.717, 1.165) is 12.1 Å². The Morgan fingerprint density at radius 3 is 2.40 bits per heavy atom. The van der Waals surface area contributed by atoms with E-state index in [9.17, 15) is 18.0 Å². The van der Waals surface area contributed by atoms with E-state index in [1.54, 1.807) is 13.0 Å². The summed E-state index contributed by atoms with van der Waals surface area (Å²) in [6, 6.07) is 10.7. The second kappa shape index (κ2) is 7.88. The van der Waals surface area contributed by atoms with Crippen molar-refractivity contribution < 1.29 is 27.4 Å². The fourth-order valence-electron chi connectivity index (χ4n) is 3.17. The van der Waals surface area contributed by atoms with Crippen molar-refractivity contribution in [3.63, 3.8) is 0 Å². The van der Waals surface area contributed by atoms with Gasteiger partial charge >= 0.3 is 0 Å². The van der Waals surface area contributed by atoms with Crippen LogP contribution in [0.15, 0.2) is 54.3 Å². The molecular formula is C23H14ClF3O3. The predicted molar refractivity (Wildman–Crippen MR) is 106 cm³/mol. The third-order valence-corrected chi connectivity index (χ3v) is 4.99. The minimum Gasteiger partial charge on any atom is -0.489 e. The van der Waals surface area contributed by atoms with Gasteiger partial charge in [-0.3, -0.25) is 4.79 Å². The van der Waals surface area contributed by atoms with Gasteiger partial charge in [0.15, 0.2) is 5.76 Å². The third kappa shape index (κ3) is 3.66. The summed E-state index contributed by atoms with van der Waals surface area (Å²) in [5, 5.41) is 0.141. The highest BCUT2D eigenvalue weighted by molar-refractivity contribution is 6.32. The molecule has 7 heteroatoms. The molecule has 0 atom stereocenters. The van der Waals surface area contributed by atoms with Crippen LogP contribution in [0.2, 0.25) is 5.02 Å². The Morgan fingerprint density at radius 1 is 1.03 bits per heavy atom. The number of hydrogen-bond donors (Lipinski definition) is 0. The molecule has 30 heavy (non-hydrogen) atoms. The quantitative estimate of drug-likeness (QED) is 0.458. The standard InChI is InChI=1S/C23H14ClF3O3/c1-12-8-13(29-11-15-18(26)6-3-7-19(15)27)9-20-22(12)23(28)21(30-20)10-14-16(24)4-2-5-17(14)25/h2-10H,11H2,1H3/b21-10-. The molecule has 0 bridgehead atoms. The predicted octanol–water partition coefficient (Wildman–Crippen LogP) is 6.26. The summed E-state index contributed by atoms with van der Waals surface area (Å²) in [5.41, 5.74) is 0.685. The first-order valence-corrected chi connectivity index (χ1v) is 9.31. The van der Waals surface area contributed by atoms with Gasteiger partial charge in [0.25, 0.3) is 0 Å². The molecule has 0 N–H and O–H groups in total. The number of hydrogen-bond acceptors (Lipinski definition) is 3. The first kappa shape index (κ1) is 20.0. The Hall–Kier alpha value is -3.25. The molecular weight excluding hydrogens is 417 g/mol. The van der Waals surface area contributed by atoms with Crippen LogP contribution in [0.4, 0.5) is 13.2 Å². The van der Waals surface area contributed by atoms with Crippen LogP contribution in [-0.4, -0.2) is 5.78 Å². The lowest BCUT2D eigenvalue weighted by atomic mass is 10.0. The second-order valence-electron chi connectivity index (χ2n) is 6.68. The van der Waals surface area contributed by atoms with Gasteiger partial charge in [-0.05, 0) is 48.9 Å². The molecule has 1 aliphatic heterocycles. The summed E-state index contributed by atoms with van der Waals surface area (Å²) in [7, 11) is 0. The van der Waals surface area contributed by atoms with Crippen molar-refractivity contribution in [2.75, 3.05) is 0 Å². The van der Waals surface area contributed by atoms with E-state index in [-0.39, 0.29) is 40.0 Å². The first-order valence-electron chi connectivity index (χ1n) is 8.93. The lowest BCUT2D eigenvalue weighted by Gasteiger charge is -2.10. The topological polar surface area (TPSA) is 35.5 Å². The minimum absolute atomic E-state index is 0.0412. The Kier molecular flexibility index (Phi) is 5.26. The van der Waals surface area contributed by atoms with E-state index in [2.05, 4.69) is 0 Å². The summed E-state index contributed by atoms with van der Waals surface area (Å²) < 4.78 is 52.8. The largest absolute Gasteiger partial charge is 0.489 e. The van der Waals surface area contributed by atoms with Crippen LogP contribution >= 0.6 is 11.6 Å². The summed E-state index contributed by atoms with van der Waals surface area (Å²) in [6.45, 7) is 1.34. The van der Waals surface area contributed by atoms with Gasteiger partial charge in [0.05, 0.1) is 16.1 Å². The van der Waals surface area contributed by atoms with E-state index in [1.165, 1.54) is 36.4 Å². The van der Waals surface area contributed by atoms with E-state index in [4.69, 9.17) is 21.1 Å². The molecule has 3 aromatic rings. The number of ketones is 1. The van der Waals surface area contributed by atoms with E-state index >= 15 is 0 Å². The summed E-state index contributed by atoms with van der Waals surface area (Å²) in [5.74, 6) is -2.05. The molecule has 0 aliphatic carbocycles. The summed E-state index contributed by atoms with van der Waals surface area (Å²) in [6.07, 6.45) is 1.24. The van der Waals surface area contributed by atoms with Crippen molar-refractivity contribution in [2.45, 2.75) is 13.5 Å². The number of aryl methyl sites for hydroxylation is 1. The van der Waals surface area contributed by atoms with E-state index < -0.39 is 23.2 Å². The van der Waals surface area contributed by atoms with Gasteiger partial charge in [-0.1, -0.05) is 23.7 Å². The number of ether oxygens (including phenoxy) is 2. The first-order chi connectivity index (χ1) is 14.3. The van der Waals surface area contributed by atoms with Crippen molar-refractivity contribution in [3.05, 3.63) is 99.0 Å². The monoisotopic (exact) mass is 430 g/mol. The van der Waals surface area contributed by atoms with Gasteiger partial charge in [-0.25, -0.2) is 13.2 Å². The minimum atomic E-state index is -0.716. The normalized spacial score (nSPS) is 14.0. The zero-order valence-corrected chi connectivity index (χ0v) is 16.4. The molecule has 1 aliphatic rings. The number of Topliss-reactive ketones (excluding diaryl/α,β-unsaturated/α-hetero) is 1. The molecule has 0 unspecified atom stereocenters. The third-order valence-electron chi connectivity index (χ3n) is 4.66. The highest BCUT2D eigenvalue weighted by Crippen LogP contribution is 2.38. The van der Waals surface area contributed by atoms with Crippen LogP contribution < -0.4 is 9.47 Å². The van der Waals surface area contributed by atoms with E-state index in [1.807, 2.05) is 0 Å². The average molecular weight is 431 g/mol. The van der Waals surface area contributed by atoms with Crippen molar-refractivity contribution in [3.8, 4) is 11.5 Å². The number of carbonyl (C=O) groups excluding carboxylic acids is 1. The maximum Gasteiger partial charge on any atom is 0.232 e. The smallest absolute Gasteiger partial charge is 0.232 e. The molecule has 0 aromatic heterocycles. The zero-order chi connectivity index (χ0) is 21.4. The van der Waals surface area contributed by atoms with Gasteiger partial charge in [-0.15, -0.1) is 0 Å². The summed E-state index contributed by atoms with van der Waals surface area (Å²) >= 11 is 6.02. The highest BCUT2D eigenvalue weighted by Gasteiger charge is 2.30. The number of halogens is 4. The molecule has 0 amide bonds. The van der Waals surface area contributed by atoms with Gasteiger partial charge in [0.1, 0.15) is 35.6 Å². The molecule has 4 rings (SSSR count). The fourth-order valence-corrected chi connectivity index (χ4v) is 3.38. The maximum atomic E-state index is 14.1. The molecule has 152 valence electrons. The molecule has 3 nitrogen and oxygen atoms in total.